The number of piperazine rings is 1. The summed E-state index contributed by atoms with van der Waals surface area (Å²) in [6.07, 6.45) is 3.71. The number of aryl methyl sites for hydroxylation is 2. The van der Waals surface area contributed by atoms with Crippen molar-refractivity contribution in [3.05, 3.63) is 34.7 Å². The van der Waals surface area contributed by atoms with Crippen LogP contribution in [0, 0.1) is 0 Å². The van der Waals surface area contributed by atoms with Crippen LogP contribution >= 0.6 is 11.6 Å². The van der Waals surface area contributed by atoms with E-state index in [9.17, 15) is 8.42 Å². The lowest BCUT2D eigenvalue weighted by Crippen LogP contribution is -2.46. The Morgan fingerprint density at radius 1 is 1.23 bits per heavy atom. The highest BCUT2D eigenvalue weighted by molar-refractivity contribution is 7.90. The summed E-state index contributed by atoms with van der Waals surface area (Å²) >= 11 is 6.39. The zero-order valence-electron chi connectivity index (χ0n) is 15.3. The first-order chi connectivity index (χ1) is 12.3. The van der Waals surface area contributed by atoms with E-state index in [-0.39, 0.29) is 4.90 Å². The van der Waals surface area contributed by atoms with Crippen molar-refractivity contribution in [2.24, 2.45) is 7.05 Å². The maximum absolute atomic E-state index is 12.0. The average molecular weight is 398 g/mol. The van der Waals surface area contributed by atoms with E-state index in [0.717, 1.165) is 50.4 Å². The van der Waals surface area contributed by atoms with Gasteiger partial charge in [0.15, 0.2) is 9.84 Å². The smallest absolute Gasteiger partial charge is 0.179 e. The first-order valence-corrected chi connectivity index (χ1v) is 10.9. The minimum Gasteiger partial charge on any atom is -0.353 e. The number of hydrogen-bond acceptors (Lipinski definition) is 6. The fraction of sp³-hybridized carbons (Fsp3) is 0.529. The maximum atomic E-state index is 12.0. The monoisotopic (exact) mass is 397 g/mol. The lowest BCUT2D eigenvalue weighted by molar-refractivity contribution is 0.248. The third-order valence-corrected chi connectivity index (χ3v) is 6.28. The van der Waals surface area contributed by atoms with Gasteiger partial charge < -0.3 is 4.90 Å². The van der Waals surface area contributed by atoms with Gasteiger partial charge in [0.25, 0.3) is 0 Å². The van der Waals surface area contributed by atoms with Crippen molar-refractivity contribution in [2.45, 2.75) is 24.8 Å². The fourth-order valence-corrected chi connectivity index (χ4v) is 4.34. The van der Waals surface area contributed by atoms with Crippen LogP contribution in [0.25, 0.3) is 0 Å². The number of anilines is 1. The summed E-state index contributed by atoms with van der Waals surface area (Å²) < 4.78 is 25.7. The van der Waals surface area contributed by atoms with Gasteiger partial charge in [0, 0.05) is 57.8 Å². The van der Waals surface area contributed by atoms with Crippen molar-refractivity contribution < 1.29 is 8.42 Å². The van der Waals surface area contributed by atoms with Crippen LogP contribution in [0.15, 0.2) is 23.2 Å². The van der Waals surface area contributed by atoms with E-state index < -0.39 is 9.84 Å². The Kier molecular flexibility index (Phi) is 5.55. The fourth-order valence-electron chi connectivity index (χ4n) is 3.29. The van der Waals surface area contributed by atoms with Gasteiger partial charge in [-0.3, -0.25) is 9.58 Å². The molecule has 0 bridgehead atoms. The Labute approximate surface area is 159 Å². The normalized spacial score (nSPS) is 16.2. The molecule has 0 aliphatic carbocycles. The maximum Gasteiger partial charge on any atom is 0.179 e. The van der Waals surface area contributed by atoms with Crippen molar-refractivity contribution in [1.29, 1.82) is 0 Å². The summed E-state index contributed by atoms with van der Waals surface area (Å²) in [6.45, 7) is 5.90. The number of nitrogens with zero attached hydrogens (tertiary/aromatic N) is 5. The summed E-state index contributed by atoms with van der Waals surface area (Å²) in [5.74, 6) is 0.545. The van der Waals surface area contributed by atoms with Gasteiger partial charge in [-0.2, -0.15) is 5.10 Å². The van der Waals surface area contributed by atoms with Crippen LogP contribution in [0.1, 0.15) is 18.2 Å². The number of hydrogen-bond donors (Lipinski definition) is 0. The van der Waals surface area contributed by atoms with E-state index in [2.05, 4.69) is 21.9 Å². The van der Waals surface area contributed by atoms with E-state index in [4.69, 9.17) is 11.6 Å². The van der Waals surface area contributed by atoms with Gasteiger partial charge in [-0.05, 0) is 18.6 Å². The Hall–Kier alpha value is -1.64. The Morgan fingerprint density at radius 3 is 2.54 bits per heavy atom. The molecule has 2 aromatic rings. The zero-order valence-corrected chi connectivity index (χ0v) is 16.9. The Bertz CT molecular complexity index is 889. The molecule has 0 radical (unpaired) electrons. The number of sulfone groups is 1. The summed E-state index contributed by atoms with van der Waals surface area (Å²) in [5.41, 5.74) is 2.11. The Balaban J connectivity index is 1.71. The minimum atomic E-state index is -3.30. The van der Waals surface area contributed by atoms with Crippen molar-refractivity contribution in [3.63, 3.8) is 0 Å². The third kappa shape index (κ3) is 3.87. The lowest BCUT2D eigenvalue weighted by Gasteiger charge is -2.36. The molecule has 7 nitrogen and oxygen atoms in total. The average Bonchev–Trinajstić information content (AvgIpc) is 2.89. The van der Waals surface area contributed by atoms with E-state index in [0.29, 0.717) is 11.0 Å². The molecular weight excluding hydrogens is 374 g/mol. The molecule has 1 fully saturated rings. The second kappa shape index (κ2) is 7.54. The molecule has 0 amide bonds. The van der Waals surface area contributed by atoms with Crippen LogP contribution in [0.4, 0.5) is 5.82 Å². The van der Waals surface area contributed by atoms with E-state index in [1.807, 2.05) is 11.9 Å². The summed E-state index contributed by atoms with van der Waals surface area (Å²) in [5, 5.41) is 5.15. The standard InChI is InChI=1S/C17H24ClN5O2S/c1-4-14-13(16(18)21(2)20-14)12-22-8-10-23(11-9-22)17-15(26(3,24)25)6-5-7-19-17/h5-7H,4,8-12H2,1-3H3. The lowest BCUT2D eigenvalue weighted by atomic mass is 10.2. The van der Waals surface area contributed by atoms with Gasteiger partial charge in [0.2, 0.25) is 0 Å². The predicted molar refractivity (Wildman–Crippen MR) is 102 cm³/mol. The summed E-state index contributed by atoms with van der Waals surface area (Å²) in [6, 6.07) is 3.28. The number of rotatable bonds is 5. The van der Waals surface area contributed by atoms with Crippen LogP contribution in [-0.4, -0.2) is 60.5 Å². The molecule has 2 aromatic heterocycles. The molecule has 1 aliphatic rings. The highest BCUT2D eigenvalue weighted by atomic mass is 35.5. The van der Waals surface area contributed by atoms with Crippen molar-refractivity contribution in [1.82, 2.24) is 19.7 Å². The number of halogens is 1. The molecule has 3 rings (SSSR count). The van der Waals surface area contributed by atoms with Crippen molar-refractivity contribution >= 4 is 27.3 Å². The largest absolute Gasteiger partial charge is 0.353 e. The molecule has 0 aromatic carbocycles. The number of pyridine rings is 1. The van der Waals surface area contributed by atoms with E-state index >= 15 is 0 Å². The van der Waals surface area contributed by atoms with Crippen LogP contribution < -0.4 is 4.90 Å². The molecule has 0 atom stereocenters. The molecular formula is C17H24ClN5O2S. The van der Waals surface area contributed by atoms with Gasteiger partial charge in [-0.25, -0.2) is 13.4 Å². The summed E-state index contributed by atoms with van der Waals surface area (Å²) in [7, 11) is -1.45. The second-order valence-electron chi connectivity index (χ2n) is 6.55. The molecule has 0 saturated carbocycles. The Morgan fingerprint density at radius 2 is 1.92 bits per heavy atom. The molecule has 0 unspecified atom stereocenters. The van der Waals surface area contributed by atoms with Crippen molar-refractivity contribution in [2.75, 3.05) is 37.3 Å². The first-order valence-electron chi connectivity index (χ1n) is 8.64. The summed E-state index contributed by atoms with van der Waals surface area (Å²) in [4.78, 5) is 8.97. The zero-order chi connectivity index (χ0) is 18.9. The minimum absolute atomic E-state index is 0.289. The molecule has 9 heteroatoms. The van der Waals surface area contributed by atoms with E-state index in [1.165, 1.54) is 6.26 Å². The molecule has 0 spiro atoms. The highest BCUT2D eigenvalue weighted by Crippen LogP contribution is 2.25. The molecule has 1 aliphatic heterocycles. The van der Waals surface area contributed by atoms with E-state index in [1.54, 1.807) is 23.0 Å². The van der Waals surface area contributed by atoms with Gasteiger partial charge in [0.1, 0.15) is 15.9 Å². The molecule has 142 valence electrons. The molecule has 0 N–H and O–H groups in total. The van der Waals surface area contributed by atoms with Crippen LogP contribution in [0.3, 0.4) is 0 Å². The third-order valence-electron chi connectivity index (χ3n) is 4.69. The van der Waals surface area contributed by atoms with Crippen LogP contribution in [0.5, 0.6) is 0 Å². The van der Waals surface area contributed by atoms with Gasteiger partial charge in [-0.15, -0.1) is 0 Å². The first kappa shape index (κ1) is 19.1. The SMILES string of the molecule is CCc1nn(C)c(Cl)c1CN1CCN(c2ncccc2S(C)(=O)=O)CC1. The van der Waals surface area contributed by atoms with Gasteiger partial charge in [0.05, 0.1) is 5.69 Å². The molecule has 26 heavy (non-hydrogen) atoms. The van der Waals surface area contributed by atoms with Gasteiger partial charge >= 0.3 is 0 Å². The number of aromatic nitrogens is 3. The van der Waals surface area contributed by atoms with Crippen LogP contribution in [0.2, 0.25) is 5.15 Å². The van der Waals surface area contributed by atoms with Crippen LogP contribution in [-0.2, 0) is 29.9 Å². The quantitative estimate of drug-likeness (QED) is 0.765. The van der Waals surface area contributed by atoms with Crippen molar-refractivity contribution in [3.8, 4) is 0 Å². The molecule has 1 saturated heterocycles. The second-order valence-corrected chi connectivity index (χ2v) is 8.90. The predicted octanol–water partition coefficient (Wildman–Crippen LogP) is 1.76. The van der Waals surface area contributed by atoms with Gasteiger partial charge in [-0.1, -0.05) is 18.5 Å². The highest BCUT2D eigenvalue weighted by Gasteiger charge is 2.25. The topological polar surface area (TPSA) is 71.3 Å². The molecule has 3 heterocycles.